The smallest absolute Gasteiger partial charge is 0.00386 e. The highest BCUT2D eigenvalue weighted by Gasteiger charge is 2.11. The summed E-state index contributed by atoms with van der Waals surface area (Å²) < 4.78 is 0. The second-order valence-corrected chi connectivity index (χ2v) is 5.55. The summed E-state index contributed by atoms with van der Waals surface area (Å²) in [6, 6.07) is 0. The third-order valence-electron chi connectivity index (χ3n) is 2.50. The zero-order valence-corrected chi connectivity index (χ0v) is 9.83. The van der Waals surface area contributed by atoms with Gasteiger partial charge in [-0.3, -0.25) is 0 Å². The Morgan fingerprint density at radius 2 is 2.15 bits per heavy atom. The van der Waals surface area contributed by atoms with Gasteiger partial charge in [0.05, 0.1) is 0 Å². The van der Waals surface area contributed by atoms with Crippen LogP contribution in [-0.2, 0) is 0 Å². The molecule has 2 heteroatoms. The van der Waals surface area contributed by atoms with E-state index in [-0.39, 0.29) is 0 Å². The van der Waals surface area contributed by atoms with Gasteiger partial charge < -0.3 is 5.32 Å². The van der Waals surface area contributed by atoms with Gasteiger partial charge in [0.2, 0.25) is 0 Å². The number of hydrogen-bond acceptors (Lipinski definition) is 2. The molecule has 0 amide bonds. The molecule has 1 aliphatic rings. The van der Waals surface area contributed by atoms with E-state index in [1.807, 2.05) is 0 Å². The van der Waals surface area contributed by atoms with Crippen LogP contribution in [0.2, 0.25) is 0 Å². The highest BCUT2D eigenvalue weighted by Crippen LogP contribution is 2.20. The van der Waals surface area contributed by atoms with Crippen LogP contribution in [0, 0.1) is 11.8 Å². The van der Waals surface area contributed by atoms with Gasteiger partial charge in [0.25, 0.3) is 0 Å². The van der Waals surface area contributed by atoms with Crippen LogP contribution in [-0.4, -0.2) is 24.6 Å². The first kappa shape index (κ1) is 11.4. The number of hydrogen-bond donors (Lipinski definition) is 1. The summed E-state index contributed by atoms with van der Waals surface area (Å²) in [5.74, 6) is 4.57. The summed E-state index contributed by atoms with van der Waals surface area (Å²) >= 11 is 2.15. The maximum absolute atomic E-state index is 3.47. The van der Waals surface area contributed by atoms with Crippen molar-refractivity contribution >= 4 is 11.8 Å². The van der Waals surface area contributed by atoms with Crippen LogP contribution in [0.1, 0.15) is 33.1 Å². The van der Waals surface area contributed by atoms with Gasteiger partial charge in [0.1, 0.15) is 0 Å². The maximum Gasteiger partial charge on any atom is -0.00386 e. The fourth-order valence-corrected chi connectivity index (χ4v) is 3.00. The molecule has 0 bridgehead atoms. The van der Waals surface area contributed by atoms with Crippen molar-refractivity contribution in [3.05, 3.63) is 0 Å². The van der Waals surface area contributed by atoms with Crippen LogP contribution in [0.25, 0.3) is 0 Å². The van der Waals surface area contributed by atoms with Gasteiger partial charge in [-0.15, -0.1) is 0 Å². The summed E-state index contributed by atoms with van der Waals surface area (Å²) in [6.45, 7) is 7.10. The number of rotatable bonds is 4. The van der Waals surface area contributed by atoms with Crippen LogP contribution in [0.15, 0.2) is 0 Å². The van der Waals surface area contributed by atoms with E-state index in [1.165, 1.54) is 43.9 Å². The van der Waals surface area contributed by atoms with Crippen LogP contribution >= 0.6 is 11.8 Å². The minimum Gasteiger partial charge on any atom is -0.317 e. The highest BCUT2D eigenvalue weighted by atomic mass is 32.2. The Morgan fingerprint density at radius 1 is 1.31 bits per heavy atom. The Balaban J connectivity index is 2.05. The van der Waals surface area contributed by atoms with Crippen LogP contribution in [0.5, 0.6) is 0 Å². The molecule has 0 radical (unpaired) electrons. The van der Waals surface area contributed by atoms with Gasteiger partial charge in [-0.1, -0.05) is 13.8 Å². The van der Waals surface area contributed by atoms with Crippen molar-refractivity contribution < 1.29 is 0 Å². The molecule has 78 valence electrons. The van der Waals surface area contributed by atoms with Crippen LogP contribution in [0.4, 0.5) is 0 Å². The van der Waals surface area contributed by atoms with E-state index in [0.29, 0.717) is 0 Å². The van der Waals surface area contributed by atoms with E-state index in [9.17, 15) is 0 Å². The third kappa shape index (κ3) is 5.58. The molecular formula is C11H23NS. The van der Waals surface area contributed by atoms with E-state index >= 15 is 0 Å². The van der Waals surface area contributed by atoms with E-state index in [1.54, 1.807) is 0 Å². The minimum atomic E-state index is 0.855. The van der Waals surface area contributed by atoms with Gasteiger partial charge in [-0.25, -0.2) is 0 Å². The molecule has 0 aromatic heterocycles. The summed E-state index contributed by atoms with van der Waals surface area (Å²) in [6.07, 6.45) is 4.22. The molecule has 13 heavy (non-hydrogen) atoms. The van der Waals surface area contributed by atoms with Gasteiger partial charge in [0.15, 0.2) is 0 Å². The molecule has 1 unspecified atom stereocenters. The number of thioether (sulfide) groups is 1. The van der Waals surface area contributed by atoms with E-state index in [2.05, 4.69) is 30.9 Å². The molecule has 1 saturated heterocycles. The van der Waals surface area contributed by atoms with Crippen LogP contribution < -0.4 is 5.32 Å². The normalized spacial score (nSPS) is 24.7. The first-order chi connectivity index (χ1) is 6.29. The Labute approximate surface area is 87.1 Å². The zero-order chi connectivity index (χ0) is 9.52. The zero-order valence-electron chi connectivity index (χ0n) is 9.01. The van der Waals surface area contributed by atoms with Crippen molar-refractivity contribution in [3.63, 3.8) is 0 Å². The van der Waals surface area contributed by atoms with Gasteiger partial charge in [-0.05, 0) is 55.7 Å². The van der Waals surface area contributed by atoms with E-state index in [4.69, 9.17) is 0 Å². The van der Waals surface area contributed by atoms with Crippen molar-refractivity contribution in [1.82, 2.24) is 5.32 Å². The largest absolute Gasteiger partial charge is 0.317 e. The molecule has 0 saturated carbocycles. The van der Waals surface area contributed by atoms with Crippen molar-refractivity contribution in [1.29, 1.82) is 0 Å². The second kappa shape index (κ2) is 6.72. The fraction of sp³-hybridized carbons (Fsp3) is 1.00. The summed E-state index contributed by atoms with van der Waals surface area (Å²) in [5.41, 5.74) is 0. The fourth-order valence-electron chi connectivity index (χ4n) is 1.73. The molecule has 0 aliphatic carbocycles. The topological polar surface area (TPSA) is 12.0 Å². The predicted octanol–water partition coefficient (Wildman–Crippen LogP) is 2.77. The van der Waals surface area contributed by atoms with Crippen molar-refractivity contribution in [2.24, 2.45) is 11.8 Å². The Bertz CT molecular complexity index is 117. The lowest BCUT2D eigenvalue weighted by Crippen LogP contribution is -2.14. The molecule has 0 aromatic rings. The average molecular weight is 201 g/mol. The lowest BCUT2D eigenvalue weighted by molar-refractivity contribution is 0.527. The summed E-state index contributed by atoms with van der Waals surface area (Å²) in [4.78, 5) is 0. The molecule has 1 fully saturated rings. The quantitative estimate of drug-likeness (QED) is 0.750. The second-order valence-electron chi connectivity index (χ2n) is 4.48. The third-order valence-corrected chi connectivity index (χ3v) is 4.11. The van der Waals surface area contributed by atoms with Crippen molar-refractivity contribution in [2.45, 2.75) is 33.1 Å². The molecule has 1 N–H and O–H groups in total. The first-order valence-corrected chi connectivity index (χ1v) is 6.73. The molecule has 1 aliphatic heterocycles. The summed E-state index contributed by atoms with van der Waals surface area (Å²) in [5, 5.41) is 3.47. The van der Waals surface area contributed by atoms with E-state index < -0.39 is 0 Å². The van der Waals surface area contributed by atoms with Gasteiger partial charge >= 0.3 is 0 Å². The van der Waals surface area contributed by atoms with Gasteiger partial charge in [-0.2, -0.15) is 11.8 Å². The lowest BCUT2D eigenvalue weighted by atomic mass is 10.0. The molecule has 1 heterocycles. The molecule has 1 rings (SSSR count). The maximum atomic E-state index is 3.47. The van der Waals surface area contributed by atoms with Gasteiger partial charge in [0, 0.05) is 0 Å². The Morgan fingerprint density at radius 3 is 2.92 bits per heavy atom. The van der Waals surface area contributed by atoms with Crippen LogP contribution in [0.3, 0.4) is 0 Å². The lowest BCUT2D eigenvalue weighted by Gasteiger charge is -2.13. The molecule has 1 atom stereocenters. The van der Waals surface area contributed by atoms with Crippen molar-refractivity contribution in [3.8, 4) is 0 Å². The molecule has 1 nitrogen and oxygen atoms in total. The van der Waals surface area contributed by atoms with E-state index in [0.717, 1.165) is 11.8 Å². The van der Waals surface area contributed by atoms with Crippen molar-refractivity contribution in [2.75, 3.05) is 24.6 Å². The molecular weight excluding hydrogens is 178 g/mol. The predicted molar refractivity (Wildman–Crippen MR) is 62.4 cm³/mol. The standard InChI is InChI=1S/C11H23NS/c1-10(2)8-13-9-11-4-3-6-12-7-5-11/h10-12H,3-9H2,1-2H3. The molecule has 0 spiro atoms. The minimum absolute atomic E-state index is 0.855. The highest BCUT2D eigenvalue weighted by molar-refractivity contribution is 7.99. The summed E-state index contributed by atoms with van der Waals surface area (Å²) in [7, 11) is 0. The molecule has 0 aromatic carbocycles. The Kier molecular flexibility index (Phi) is 5.88. The first-order valence-electron chi connectivity index (χ1n) is 5.57. The monoisotopic (exact) mass is 201 g/mol. The SMILES string of the molecule is CC(C)CSCC1CCCNCC1. The number of nitrogens with one attached hydrogen (secondary N) is 1. The Hall–Kier alpha value is 0.310. The average Bonchev–Trinajstić information content (AvgIpc) is 2.32.